The van der Waals surface area contributed by atoms with Crippen LogP contribution in [0.15, 0.2) is 54.6 Å². The Hall–Kier alpha value is -2.50. The van der Waals surface area contributed by atoms with Gasteiger partial charge >= 0.3 is 12.1 Å². The maximum Gasteiger partial charge on any atom is 0.416 e. The van der Waals surface area contributed by atoms with Crippen molar-refractivity contribution in [2.75, 3.05) is 11.9 Å². The molecule has 0 spiro atoms. The quantitative estimate of drug-likeness (QED) is 0.828. The molecule has 0 bridgehead atoms. The predicted octanol–water partition coefficient (Wildman–Crippen LogP) is 4.42. The molecule has 1 N–H and O–H groups in total. The van der Waals surface area contributed by atoms with Crippen LogP contribution in [-0.2, 0) is 15.7 Å². The molecule has 0 fully saturated rings. The summed E-state index contributed by atoms with van der Waals surface area (Å²) in [5.41, 5.74) is 0.334. The molecule has 0 aliphatic rings. The van der Waals surface area contributed by atoms with Gasteiger partial charge in [0.1, 0.15) is 0 Å². The maximum atomic E-state index is 12.6. The number of hydrogen-bond acceptors (Lipinski definition) is 3. The molecule has 2 rings (SSSR count). The van der Waals surface area contributed by atoms with Crippen molar-refractivity contribution >= 4 is 11.7 Å². The van der Waals surface area contributed by atoms with Crippen LogP contribution in [0.4, 0.5) is 18.9 Å². The van der Waals surface area contributed by atoms with E-state index in [0.717, 1.165) is 12.1 Å². The first-order valence-corrected chi connectivity index (χ1v) is 7.07. The standard InChI is InChI=1S/C17H16F3NO2/c1-2-23-16(22)15(12-6-4-3-5-7-12)21-14-10-8-13(9-11-14)17(18,19)20/h3-11,15,21H,2H2,1H3. The van der Waals surface area contributed by atoms with Crippen molar-refractivity contribution in [3.63, 3.8) is 0 Å². The third-order valence-electron chi connectivity index (χ3n) is 3.18. The molecule has 2 aromatic rings. The molecule has 0 radical (unpaired) electrons. The Bertz CT molecular complexity index is 639. The van der Waals surface area contributed by atoms with E-state index in [1.165, 1.54) is 12.1 Å². The molecule has 0 aliphatic carbocycles. The number of alkyl halides is 3. The molecule has 0 heterocycles. The van der Waals surface area contributed by atoms with Gasteiger partial charge in [-0.25, -0.2) is 4.79 Å². The van der Waals surface area contributed by atoms with Crippen LogP contribution in [0.3, 0.4) is 0 Å². The third-order valence-corrected chi connectivity index (χ3v) is 3.18. The van der Waals surface area contributed by atoms with Crippen molar-refractivity contribution in [3.05, 3.63) is 65.7 Å². The van der Waals surface area contributed by atoms with E-state index in [-0.39, 0.29) is 6.61 Å². The molecule has 6 heteroatoms. The lowest BCUT2D eigenvalue weighted by atomic mass is 10.1. The summed E-state index contributed by atoms with van der Waals surface area (Å²) >= 11 is 0. The highest BCUT2D eigenvalue weighted by Gasteiger charge is 2.30. The van der Waals surface area contributed by atoms with Crippen LogP contribution in [0.25, 0.3) is 0 Å². The Morgan fingerprint density at radius 3 is 2.22 bits per heavy atom. The summed E-state index contributed by atoms with van der Waals surface area (Å²) in [5.74, 6) is -0.487. The minimum absolute atomic E-state index is 0.219. The van der Waals surface area contributed by atoms with Gasteiger partial charge in [0.2, 0.25) is 0 Å². The molecule has 2 aromatic carbocycles. The molecule has 0 saturated heterocycles. The molecule has 0 aliphatic heterocycles. The Morgan fingerprint density at radius 2 is 1.70 bits per heavy atom. The van der Waals surface area contributed by atoms with Gasteiger partial charge in [-0.05, 0) is 36.8 Å². The zero-order chi connectivity index (χ0) is 16.9. The van der Waals surface area contributed by atoms with Gasteiger partial charge in [0.25, 0.3) is 0 Å². The molecular formula is C17H16F3NO2. The number of ether oxygens (including phenoxy) is 1. The second kappa shape index (κ2) is 7.17. The molecule has 0 saturated carbocycles. The van der Waals surface area contributed by atoms with Crippen molar-refractivity contribution in [3.8, 4) is 0 Å². The number of halogens is 3. The fourth-order valence-corrected chi connectivity index (χ4v) is 2.07. The molecule has 122 valence electrons. The van der Waals surface area contributed by atoms with Gasteiger partial charge in [0, 0.05) is 5.69 Å². The lowest BCUT2D eigenvalue weighted by Crippen LogP contribution is -2.23. The fraction of sp³-hybridized carbons (Fsp3) is 0.235. The minimum Gasteiger partial charge on any atom is -0.464 e. The molecule has 1 unspecified atom stereocenters. The van der Waals surface area contributed by atoms with E-state index < -0.39 is 23.8 Å². The molecule has 23 heavy (non-hydrogen) atoms. The van der Waals surface area contributed by atoms with E-state index in [1.54, 1.807) is 31.2 Å². The van der Waals surface area contributed by atoms with Gasteiger partial charge in [-0.15, -0.1) is 0 Å². The second-order valence-corrected chi connectivity index (χ2v) is 4.82. The molecule has 3 nitrogen and oxygen atoms in total. The number of esters is 1. The summed E-state index contributed by atoms with van der Waals surface area (Å²) in [7, 11) is 0. The van der Waals surface area contributed by atoms with Gasteiger partial charge in [-0.1, -0.05) is 30.3 Å². The normalized spacial score (nSPS) is 12.5. The largest absolute Gasteiger partial charge is 0.464 e. The number of rotatable bonds is 5. The van der Waals surface area contributed by atoms with E-state index in [4.69, 9.17) is 4.74 Å². The Morgan fingerprint density at radius 1 is 1.09 bits per heavy atom. The average Bonchev–Trinajstić information content (AvgIpc) is 2.53. The van der Waals surface area contributed by atoms with Crippen molar-refractivity contribution < 1.29 is 22.7 Å². The maximum absolute atomic E-state index is 12.6. The predicted molar refractivity (Wildman–Crippen MR) is 80.9 cm³/mol. The smallest absolute Gasteiger partial charge is 0.416 e. The fourth-order valence-electron chi connectivity index (χ4n) is 2.07. The van der Waals surface area contributed by atoms with Crippen molar-refractivity contribution in [1.29, 1.82) is 0 Å². The van der Waals surface area contributed by atoms with Crippen LogP contribution in [-0.4, -0.2) is 12.6 Å². The molecule has 0 amide bonds. The van der Waals surface area contributed by atoms with Crippen LogP contribution in [0.5, 0.6) is 0 Å². The van der Waals surface area contributed by atoms with Crippen LogP contribution < -0.4 is 5.32 Å². The van der Waals surface area contributed by atoms with E-state index >= 15 is 0 Å². The first-order chi connectivity index (χ1) is 10.9. The Balaban J connectivity index is 2.22. The highest BCUT2D eigenvalue weighted by molar-refractivity contribution is 5.81. The topological polar surface area (TPSA) is 38.3 Å². The minimum atomic E-state index is -4.39. The van der Waals surface area contributed by atoms with E-state index in [0.29, 0.717) is 11.3 Å². The first kappa shape index (κ1) is 16.9. The summed E-state index contributed by atoms with van der Waals surface area (Å²) < 4.78 is 42.8. The molecule has 0 aromatic heterocycles. The van der Waals surface area contributed by atoms with E-state index in [2.05, 4.69) is 5.32 Å². The van der Waals surface area contributed by atoms with Crippen molar-refractivity contribution in [2.45, 2.75) is 19.1 Å². The first-order valence-electron chi connectivity index (χ1n) is 7.07. The summed E-state index contributed by atoms with van der Waals surface area (Å²) in [4.78, 5) is 12.1. The van der Waals surface area contributed by atoms with Crippen LogP contribution in [0, 0.1) is 0 Å². The average molecular weight is 323 g/mol. The number of benzene rings is 2. The lowest BCUT2D eigenvalue weighted by molar-refractivity contribution is -0.144. The summed E-state index contributed by atoms with van der Waals surface area (Å²) in [6.07, 6.45) is -4.39. The van der Waals surface area contributed by atoms with E-state index in [1.807, 2.05) is 6.07 Å². The van der Waals surface area contributed by atoms with Gasteiger partial charge < -0.3 is 10.1 Å². The van der Waals surface area contributed by atoms with Gasteiger partial charge in [0.15, 0.2) is 6.04 Å². The van der Waals surface area contributed by atoms with Gasteiger partial charge in [0.05, 0.1) is 12.2 Å². The van der Waals surface area contributed by atoms with Crippen LogP contribution in [0.2, 0.25) is 0 Å². The van der Waals surface area contributed by atoms with Crippen molar-refractivity contribution in [2.24, 2.45) is 0 Å². The highest BCUT2D eigenvalue weighted by Crippen LogP contribution is 2.30. The number of carbonyl (C=O) groups excluding carboxylic acids is 1. The van der Waals surface area contributed by atoms with Crippen LogP contribution >= 0.6 is 0 Å². The second-order valence-electron chi connectivity index (χ2n) is 4.82. The Labute approximate surface area is 132 Å². The number of carbonyl (C=O) groups is 1. The summed E-state index contributed by atoms with van der Waals surface area (Å²) in [6, 6.07) is 12.6. The van der Waals surface area contributed by atoms with Gasteiger partial charge in [-0.2, -0.15) is 13.2 Å². The lowest BCUT2D eigenvalue weighted by Gasteiger charge is -2.19. The SMILES string of the molecule is CCOC(=O)C(Nc1ccc(C(F)(F)F)cc1)c1ccccc1. The van der Waals surface area contributed by atoms with E-state index in [9.17, 15) is 18.0 Å². The molecule has 1 atom stereocenters. The van der Waals surface area contributed by atoms with Crippen LogP contribution in [0.1, 0.15) is 24.1 Å². The number of nitrogens with one attached hydrogen (secondary N) is 1. The highest BCUT2D eigenvalue weighted by atomic mass is 19.4. The summed E-state index contributed by atoms with van der Waals surface area (Å²) in [6.45, 7) is 1.91. The third kappa shape index (κ3) is 4.48. The summed E-state index contributed by atoms with van der Waals surface area (Å²) in [5, 5.41) is 2.92. The monoisotopic (exact) mass is 323 g/mol. The Kier molecular flexibility index (Phi) is 5.26. The zero-order valence-electron chi connectivity index (χ0n) is 12.4. The van der Waals surface area contributed by atoms with Gasteiger partial charge in [-0.3, -0.25) is 0 Å². The number of hydrogen-bond donors (Lipinski definition) is 1. The zero-order valence-corrected chi connectivity index (χ0v) is 12.4. The van der Waals surface area contributed by atoms with Crippen molar-refractivity contribution in [1.82, 2.24) is 0 Å². The number of anilines is 1. The molecular weight excluding hydrogens is 307 g/mol.